The maximum absolute atomic E-state index is 5.63. The Hall–Kier alpha value is 0.347. The average molecular weight is 482 g/mol. The molecular formula is C25H56ClNO3Si. The van der Waals surface area contributed by atoms with Crippen molar-refractivity contribution in [1.82, 2.24) is 0 Å². The van der Waals surface area contributed by atoms with Crippen molar-refractivity contribution in [3.05, 3.63) is 0 Å². The predicted octanol–water partition coefficient (Wildman–Crippen LogP) is 4.21. The van der Waals surface area contributed by atoms with E-state index in [1.54, 1.807) is 21.3 Å². The van der Waals surface area contributed by atoms with Crippen LogP contribution in [0.1, 0.15) is 110 Å². The summed E-state index contributed by atoms with van der Waals surface area (Å²) in [6, 6.07) is 0.915. The van der Waals surface area contributed by atoms with Gasteiger partial charge in [-0.1, -0.05) is 78.1 Å². The predicted molar refractivity (Wildman–Crippen MR) is 133 cm³/mol. The minimum Gasteiger partial charge on any atom is -1.00 e. The van der Waals surface area contributed by atoms with E-state index in [4.69, 9.17) is 13.3 Å². The maximum atomic E-state index is 5.63. The Kier molecular flexibility index (Phi) is 24.0. The zero-order valence-corrected chi connectivity index (χ0v) is 23.7. The maximum Gasteiger partial charge on any atom is 0.500 e. The minimum absolute atomic E-state index is 0. The van der Waals surface area contributed by atoms with Crippen molar-refractivity contribution in [3.8, 4) is 0 Å². The van der Waals surface area contributed by atoms with Crippen LogP contribution >= 0.6 is 0 Å². The molecule has 0 saturated carbocycles. The molecule has 0 aliphatic carbocycles. The van der Waals surface area contributed by atoms with Crippen LogP contribution in [0.25, 0.3) is 0 Å². The van der Waals surface area contributed by atoms with Crippen LogP contribution in [-0.2, 0) is 13.3 Å². The molecule has 0 aliphatic heterocycles. The van der Waals surface area contributed by atoms with Crippen LogP contribution in [0.2, 0.25) is 6.04 Å². The van der Waals surface area contributed by atoms with Gasteiger partial charge in [-0.25, -0.2) is 0 Å². The van der Waals surface area contributed by atoms with Gasteiger partial charge in [0.05, 0.1) is 26.7 Å². The molecule has 190 valence electrons. The van der Waals surface area contributed by atoms with Crippen LogP contribution in [-0.4, -0.2) is 61.3 Å². The molecule has 6 heteroatoms. The molecule has 0 heterocycles. The molecule has 31 heavy (non-hydrogen) atoms. The molecule has 4 nitrogen and oxygen atoms in total. The fourth-order valence-electron chi connectivity index (χ4n) is 4.47. The molecule has 0 saturated heterocycles. The first-order valence-corrected chi connectivity index (χ1v) is 14.9. The first kappa shape index (κ1) is 33.5. The van der Waals surface area contributed by atoms with Gasteiger partial charge in [0.2, 0.25) is 0 Å². The minimum atomic E-state index is -2.44. The van der Waals surface area contributed by atoms with Crippen LogP contribution in [0.15, 0.2) is 0 Å². The number of halogens is 1. The summed E-state index contributed by atoms with van der Waals surface area (Å²) in [7, 11) is 5.21. The summed E-state index contributed by atoms with van der Waals surface area (Å²) in [5.74, 6) is 0. The molecule has 0 atom stereocenters. The molecule has 0 spiro atoms. The van der Waals surface area contributed by atoms with Gasteiger partial charge in [-0.05, 0) is 25.7 Å². The normalized spacial score (nSPS) is 12.2. The molecule has 0 unspecified atom stereocenters. The lowest BCUT2D eigenvalue weighted by Gasteiger charge is -2.36. The Bertz CT molecular complexity index is 344. The molecule has 0 amide bonds. The lowest BCUT2D eigenvalue weighted by atomic mass is 10.1. The summed E-state index contributed by atoms with van der Waals surface area (Å²) < 4.78 is 18.1. The van der Waals surface area contributed by atoms with E-state index in [1.807, 2.05) is 0 Å². The third kappa shape index (κ3) is 17.5. The number of unbranched alkanes of at least 4 members (excludes halogenated alkanes) is 12. The van der Waals surface area contributed by atoms with Crippen molar-refractivity contribution >= 4 is 8.80 Å². The molecule has 0 rings (SSSR count). The number of quaternary nitrogens is 1. The highest BCUT2D eigenvalue weighted by molar-refractivity contribution is 6.60. The molecular weight excluding hydrogens is 426 g/mol. The third-order valence-electron chi connectivity index (χ3n) is 6.72. The zero-order chi connectivity index (χ0) is 22.6. The topological polar surface area (TPSA) is 27.7 Å². The molecule has 0 aromatic heterocycles. The summed E-state index contributed by atoms with van der Waals surface area (Å²) in [4.78, 5) is 0. The lowest BCUT2D eigenvalue weighted by Crippen LogP contribution is -3.00. The summed E-state index contributed by atoms with van der Waals surface area (Å²) >= 11 is 0. The molecule has 0 radical (unpaired) electrons. The summed E-state index contributed by atoms with van der Waals surface area (Å²) in [6.45, 7) is 8.41. The molecule has 0 aromatic carbocycles. The number of rotatable bonds is 23. The fourth-order valence-corrected chi connectivity index (χ4v) is 6.17. The van der Waals surface area contributed by atoms with Gasteiger partial charge in [-0.3, -0.25) is 0 Å². The molecule has 0 fully saturated rings. The molecule has 0 N–H and O–H groups in total. The Balaban J connectivity index is 0. The van der Waals surface area contributed by atoms with Crippen LogP contribution in [0, 0.1) is 0 Å². The smallest absolute Gasteiger partial charge is 0.500 e. The first-order chi connectivity index (χ1) is 14.5. The second-order valence-electron chi connectivity index (χ2n) is 9.43. The Morgan fingerprint density at radius 2 is 0.839 bits per heavy atom. The van der Waals surface area contributed by atoms with Gasteiger partial charge in [0, 0.05) is 33.8 Å². The lowest BCUT2D eigenvalue weighted by molar-refractivity contribution is -0.910. The van der Waals surface area contributed by atoms with Gasteiger partial charge in [0.1, 0.15) is 0 Å². The van der Waals surface area contributed by atoms with Crippen molar-refractivity contribution in [1.29, 1.82) is 0 Å². The summed E-state index contributed by atoms with van der Waals surface area (Å²) in [6.07, 6.45) is 20.6. The number of hydrogen-bond donors (Lipinski definition) is 0. The van der Waals surface area contributed by atoms with Gasteiger partial charge in [0.25, 0.3) is 0 Å². The van der Waals surface area contributed by atoms with E-state index in [2.05, 4.69) is 20.9 Å². The van der Waals surface area contributed by atoms with Crippen molar-refractivity contribution in [3.63, 3.8) is 0 Å². The van der Waals surface area contributed by atoms with Crippen molar-refractivity contribution in [2.75, 3.05) is 48.0 Å². The number of nitrogens with zero attached hydrogens (tertiary/aromatic N) is 1. The highest BCUT2D eigenvalue weighted by Gasteiger charge is 2.38. The van der Waals surface area contributed by atoms with E-state index in [-0.39, 0.29) is 12.4 Å². The van der Waals surface area contributed by atoms with Gasteiger partial charge < -0.3 is 30.2 Å². The van der Waals surface area contributed by atoms with Crippen LogP contribution < -0.4 is 12.4 Å². The molecule has 0 aliphatic rings. The van der Waals surface area contributed by atoms with Crippen molar-refractivity contribution in [2.24, 2.45) is 0 Å². The standard InChI is InChI=1S/C25H56NO3Si.ClH/c1-7-9-11-13-15-17-19-22-26(3,23-20-18-16-14-12-10-8-2)24-21-25-30(27-4,28-5)29-6;/h7-25H2,1-6H3;1H/q+1;/p-1. The second kappa shape index (κ2) is 22.2. The van der Waals surface area contributed by atoms with E-state index in [0.717, 1.165) is 12.5 Å². The van der Waals surface area contributed by atoms with Gasteiger partial charge in [0.15, 0.2) is 0 Å². The van der Waals surface area contributed by atoms with E-state index in [1.165, 1.54) is 114 Å². The fraction of sp³-hybridized carbons (Fsp3) is 1.00. The monoisotopic (exact) mass is 481 g/mol. The SMILES string of the molecule is CCCCCCCCC[N+](C)(CCCCCCCCC)CCC[Si](OC)(OC)OC.[Cl-]. The number of hydrogen-bond acceptors (Lipinski definition) is 3. The van der Waals surface area contributed by atoms with Gasteiger partial charge in [-0.2, -0.15) is 0 Å². The Morgan fingerprint density at radius 3 is 1.19 bits per heavy atom. The van der Waals surface area contributed by atoms with Crippen molar-refractivity contribution < 1.29 is 30.2 Å². The second-order valence-corrected chi connectivity index (χ2v) is 12.5. The van der Waals surface area contributed by atoms with Crippen LogP contribution in [0.5, 0.6) is 0 Å². The molecule has 0 bridgehead atoms. The van der Waals surface area contributed by atoms with Crippen LogP contribution in [0.3, 0.4) is 0 Å². The van der Waals surface area contributed by atoms with E-state index < -0.39 is 8.80 Å². The molecule has 0 aromatic rings. The van der Waals surface area contributed by atoms with E-state index >= 15 is 0 Å². The quantitative estimate of drug-likeness (QED) is 0.124. The average Bonchev–Trinajstić information content (AvgIpc) is 2.76. The van der Waals surface area contributed by atoms with Crippen molar-refractivity contribution in [2.45, 2.75) is 116 Å². The Morgan fingerprint density at radius 1 is 0.516 bits per heavy atom. The first-order valence-electron chi connectivity index (χ1n) is 13.0. The van der Waals surface area contributed by atoms with E-state index in [0.29, 0.717) is 0 Å². The highest BCUT2D eigenvalue weighted by atomic mass is 35.5. The third-order valence-corrected chi connectivity index (χ3v) is 9.55. The Labute approximate surface area is 203 Å². The van der Waals surface area contributed by atoms with Gasteiger partial charge >= 0.3 is 8.80 Å². The summed E-state index contributed by atoms with van der Waals surface area (Å²) in [5, 5.41) is 0. The van der Waals surface area contributed by atoms with Crippen LogP contribution in [0.4, 0.5) is 0 Å². The largest absolute Gasteiger partial charge is 1.00 e. The van der Waals surface area contributed by atoms with E-state index in [9.17, 15) is 0 Å². The summed E-state index contributed by atoms with van der Waals surface area (Å²) in [5.41, 5.74) is 0. The van der Waals surface area contributed by atoms with Gasteiger partial charge in [-0.15, -0.1) is 0 Å². The zero-order valence-electron chi connectivity index (χ0n) is 22.0. The highest BCUT2D eigenvalue weighted by Crippen LogP contribution is 2.19.